The second-order valence-corrected chi connectivity index (χ2v) is 7.60. The first kappa shape index (κ1) is 16.0. The van der Waals surface area contributed by atoms with Crippen LogP contribution in [0.4, 0.5) is 0 Å². The molecule has 5 nitrogen and oxygen atoms in total. The van der Waals surface area contributed by atoms with E-state index in [2.05, 4.69) is 26.2 Å². The molecule has 2 aromatic heterocycles. The van der Waals surface area contributed by atoms with E-state index in [1.54, 1.807) is 7.11 Å². The van der Waals surface area contributed by atoms with Gasteiger partial charge in [-0.3, -0.25) is 9.80 Å². The molecule has 1 saturated carbocycles. The Bertz CT molecular complexity index is 660. The lowest BCUT2D eigenvalue weighted by atomic mass is 10.2. The fourth-order valence-corrected chi connectivity index (χ4v) is 4.11. The minimum absolute atomic E-state index is 0.678. The van der Waals surface area contributed by atoms with E-state index in [1.807, 2.05) is 23.6 Å². The monoisotopic (exact) mass is 344 g/mol. The van der Waals surface area contributed by atoms with Crippen LogP contribution in [0, 0.1) is 0 Å². The highest BCUT2D eigenvalue weighted by Crippen LogP contribution is 2.41. The highest BCUT2D eigenvalue weighted by molar-refractivity contribution is 7.09. The van der Waals surface area contributed by atoms with Gasteiger partial charge in [0.1, 0.15) is 0 Å². The minimum atomic E-state index is 0.678. The molecule has 2 aliphatic rings. The van der Waals surface area contributed by atoms with Gasteiger partial charge in [-0.05, 0) is 18.4 Å². The normalized spacial score (nSPS) is 19.5. The first-order valence-electron chi connectivity index (χ1n) is 8.68. The summed E-state index contributed by atoms with van der Waals surface area (Å²) in [4.78, 5) is 14.1. The summed E-state index contributed by atoms with van der Waals surface area (Å²) in [5.74, 6) is 1.45. The van der Waals surface area contributed by atoms with Gasteiger partial charge >= 0.3 is 0 Å². The average Bonchev–Trinajstić information content (AvgIpc) is 3.37. The fraction of sp³-hybridized carbons (Fsp3) is 0.556. The average molecular weight is 344 g/mol. The van der Waals surface area contributed by atoms with Crippen molar-refractivity contribution >= 4 is 11.3 Å². The number of pyridine rings is 1. The summed E-state index contributed by atoms with van der Waals surface area (Å²) in [7, 11) is 1.65. The Morgan fingerprint density at radius 3 is 2.50 bits per heavy atom. The van der Waals surface area contributed by atoms with Gasteiger partial charge in [-0.2, -0.15) is 0 Å². The number of hydrogen-bond donors (Lipinski definition) is 0. The molecular formula is C18H24N4OS. The number of aromatic nitrogens is 2. The Balaban J connectivity index is 1.24. The Morgan fingerprint density at radius 1 is 1.12 bits per heavy atom. The zero-order valence-corrected chi connectivity index (χ0v) is 15.0. The smallest absolute Gasteiger partial charge is 0.212 e. The van der Waals surface area contributed by atoms with Gasteiger partial charge < -0.3 is 4.74 Å². The highest BCUT2D eigenvalue weighted by Gasteiger charge is 2.27. The lowest BCUT2D eigenvalue weighted by Crippen LogP contribution is -2.45. The Kier molecular flexibility index (Phi) is 4.78. The zero-order valence-electron chi connectivity index (χ0n) is 14.1. The molecule has 0 radical (unpaired) electrons. The van der Waals surface area contributed by atoms with Crippen molar-refractivity contribution in [3.63, 3.8) is 0 Å². The maximum absolute atomic E-state index is 5.11. The van der Waals surface area contributed by atoms with E-state index < -0.39 is 0 Å². The van der Waals surface area contributed by atoms with Crippen molar-refractivity contribution in [2.24, 2.45) is 0 Å². The molecule has 128 valence electrons. The van der Waals surface area contributed by atoms with Gasteiger partial charge in [0.25, 0.3) is 0 Å². The number of rotatable bonds is 6. The first-order chi connectivity index (χ1) is 11.8. The number of piperazine rings is 1. The standard InChI is InChI=1S/C18H24N4OS/c1-23-17-5-2-14(10-19-17)11-21-6-8-22(9-7-21)12-16-13-24-18(20-16)15-3-4-15/h2,5,10,13,15H,3-4,6-9,11-12H2,1H3. The summed E-state index contributed by atoms with van der Waals surface area (Å²) >= 11 is 1.85. The molecule has 6 heteroatoms. The van der Waals surface area contributed by atoms with Crippen LogP contribution in [0.2, 0.25) is 0 Å². The topological polar surface area (TPSA) is 41.5 Å². The lowest BCUT2D eigenvalue weighted by Gasteiger charge is -2.34. The predicted octanol–water partition coefficient (Wildman–Crippen LogP) is 2.74. The third kappa shape index (κ3) is 3.94. The van der Waals surface area contributed by atoms with Gasteiger partial charge in [-0.25, -0.2) is 9.97 Å². The molecule has 0 amide bonds. The molecule has 0 spiro atoms. The summed E-state index contributed by atoms with van der Waals surface area (Å²) in [6.07, 6.45) is 4.59. The molecule has 4 rings (SSSR count). The molecular weight excluding hydrogens is 320 g/mol. The molecule has 24 heavy (non-hydrogen) atoms. The molecule has 0 bridgehead atoms. The van der Waals surface area contributed by atoms with Crippen LogP contribution < -0.4 is 4.74 Å². The Labute approximate surface area is 147 Å². The highest BCUT2D eigenvalue weighted by atomic mass is 32.1. The van der Waals surface area contributed by atoms with Crippen molar-refractivity contribution in [3.05, 3.63) is 40.0 Å². The predicted molar refractivity (Wildman–Crippen MR) is 95.4 cm³/mol. The second-order valence-electron chi connectivity index (χ2n) is 6.71. The van der Waals surface area contributed by atoms with Crippen molar-refractivity contribution < 1.29 is 4.74 Å². The summed E-state index contributed by atoms with van der Waals surface area (Å²) in [5, 5.41) is 3.61. The molecule has 0 atom stereocenters. The maximum atomic E-state index is 5.11. The van der Waals surface area contributed by atoms with Gasteiger partial charge in [0.15, 0.2) is 0 Å². The van der Waals surface area contributed by atoms with E-state index >= 15 is 0 Å². The van der Waals surface area contributed by atoms with Crippen molar-refractivity contribution in [2.75, 3.05) is 33.3 Å². The van der Waals surface area contributed by atoms with E-state index in [4.69, 9.17) is 9.72 Å². The summed E-state index contributed by atoms with van der Waals surface area (Å²) in [6, 6.07) is 4.04. The summed E-state index contributed by atoms with van der Waals surface area (Å²) in [5.41, 5.74) is 2.51. The number of methoxy groups -OCH3 is 1. The number of ether oxygens (including phenoxy) is 1. The molecule has 0 unspecified atom stereocenters. The molecule has 2 fully saturated rings. The SMILES string of the molecule is COc1ccc(CN2CCN(Cc3csc(C4CC4)n3)CC2)cn1. The van der Waals surface area contributed by atoms with E-state index in [0.717, 1.165) is 45.2 Å². The van der Waals surface area contributed by atoms with Gasteiger partial charge in [-0.15, -0.1) is 11.3 Å². The largest absolute Gasteiger partial charge is 0.481 e. The van der Waals surface area contributed by atoms with Gasteiger partial charge in [0, 0.05) is 62.8 Å². The first-order valence-corrected chi connectivity index (χ1v) is 9.56. The number of hydrogen-bond acceptors (Lipinski definition) is 6. The van der Waals surface area contributed by atoms with Crippen molar-refractivity contribution in [1.29, 1.82) is 0 Å². The fourth-order valence-electron chi connectivity index (χ4n) is 3.13. The Morgan fingerprint density at radius 2 is 1.88 bits per heavy atom. The van der Waals surface area contributed by atoms with Gasteiger partial charge in [-0.1, -0.05) is 6.07 Å². The van der Waals surface area contributed by atoms with Crippen LogP contribution in [0.15, 0.2) is 23.7 Å². The van der Waals surface area contributed by atoms with Crippen LogP contribution >= 0.6 is 11.3 Å². The molecule has 1 aliphatic heterocycles. The third-order valence-corrected chi connectivity index (χ3v) is 5.82. The minimum Gasteiger partial charge on any atom is -0.481 e. The lowest BCUT2D eigenvalue weighted by molar-refractivity contribution is 0.121. The van der Waals surface area contributed by atoms with Crippen LogP contribution in [0.3, 0.4) is 0 Å². The number of thiazole rings is 1. The third-order valence-electron chi connectivity index (χ3n) is 4.76. The molecule has 1 saturated heterocycles. The molecule has 2 aromatic rings. The Hall–Kier alpha value is -1.50. The number of nitrogens with zero attached hydrogens (tertiary/aromatic N) is 4. The molecule has 0 aromatic carbocycles. The maximum Gasteiger partial charge on any atom is 0.212 e. The quantitative estimate of drug-likeness (QED) is 0.806. The van der Waals surface area contributed by atoms with Crippen LogP contribution in [0.1, 0.15) is 35.0 Å². The van der Waals surface area contributed by atoms with E-state index in [9.17, 15) is 0 Å². The van der Waals surface area contributed by atoms with E-state index in [1.165, 1.54) is 29.1 Å². The molecule has 3 heterocycles. The van der Waals surface area contributed by atoms with Crippen LogP contribution in [-0.4, -0.2) is 53.1 Å². The molecule has 0 N–H and O–H groups in total. The molecule has 1 aliphatic carbocycles. The van der Waals surface area contributed by atoms with Crippen LogP contribution in [0.5, 0.6) is 5.88 Å². The van der Waals surface area contributed by atoms with Crippen LogP contribution in [0.25, 0.3) is 0 Å². The summed E-state index contributed by atoms with van der Waals surface area (Å²) < 4.78 is 5.11. The van der Waals surface area contributed by atoms with Crippen molar-refractivity contribution in [3.8, 4) is 5.88 Å². The van der Waals surface area contributed by atoms with E-state index in [0.29, 0.717) is 5.88 Å². The van der Waals surface area contributed by atoms with E-state index in [-0.39, 0.29) is 0 Å². The second kappa shape index (κ2) is 7.17. The van der Waals surface area contributed by atoms with Crippen molar-refractivity contribution in [2.45, 2.75) is 31.8 Å². The summed E-state index contributed by atoms with van der Waals surface area (Å²) in [6.45, 7) is 6.39. The van der Waals surface area contributed by atoms with Gasteiger partial charge in [0.05, 0.1) is 17.8 Å². The van der Waals surface area contributed by atoms with Gasteiger partial charge in [0.2, 0.25) is 5.88 Å². The van der Waals surface area contributed by atoms with Crippen LogP contribution in [-0.2, 0) is 13.1 Å². The van der Waals surface area contributed by atoms with Crippen molar-refractivity contribution in [1.82, 2.24) is 19.8 Å². The zero-order chi connectivity index (χ0) is 16.4.